The monoisotopic (exact) mass is 988 g/mol. The lowest BCUT2D eigenvalue weighted by molar-refractivity contribution is -0.338. The minimum Gasteiger partial charge on any atom is -0.479 e. The van der Waals surface area contributed by atoms with Gasteiger partial charge in [-0.2, -0.15) is 0 Å². The van der Waals surface area contributed by atoms with Gasteiger partial charge in [0, 0.05) is 50.9 Å². The van der Waals surface area contributed by atoms with Crippen LogP contribution in [0, 0.1) is 17.8 Å². The number of carbonyl (C=O) groups is 5. The fraction of sp³-hybridized carbons (Fsp3) is 0.896. The Bertz CT molecular complexity index is 1610. The molecule has 21 heteroatoms. The van der Waals surface area contributed by atoms with Gasteiger partial charge in [-0.1, -0.05) is 78.6 Å². The SMILES string of the molecule is CCCCCC(N)(CC)CCNC(=O)CCC(=O)NCCNC(=O)C1CC(CC)C(O[C@@H]2OC(C)[C@@H](O)C(O)C2O)[C@H](O[C@@H]2OC(CO)[C@H](O)C(O[C@@H](CC3CCCCC3)C(=O)O)C2NC(C)=O)C1. The topological polar surface area (TPSA) is 327 Å². The van der Waals surface area contributed by atoms with Gasteiger partial charge in [-0.3, -0.25) is 19.2 Å². The molecular formula is C48H85N5O16. The Morgan fingerprint density at radius 1 is 0.783 bits per heavy atom. The van der Waals surface area contributed by atoms with E-state index in [0.29, 0.717) is 19.4 Å². The standard InChI is InChI=1S/C48H85N5O16/c1-6-9-13-18-48(49,8-3)19-20-50-35(56)16-17-36(57)51-21-22-52-44(62)31-24-30(7-2)42(69-47-41(61)40(60)38(58)27(4)65-47)32(25-31)67-46-37(53-28(5)55)43(39(59)34(26-54)68-46)66-33(45(63)64)23-29-14-11-10-12-15-29/h27,29-34,37-43,46-47,54,58-61H,6-26,49H2,1-5H3,(H,50,56)(H,51,57)(H,52,62)(H,53,55)(H,63,64)/t27?,30?,31?,32-,33+,34?,37?,38-,39+,40?,41?,42?,43?,46-,47+,48?/m1/s1. The predicted octanol–water partition coefficient (Wildman–Crippen LogP) is 0.619. The van der Waals surface area contributed by atoms with Crippen LogP contribution in [0.25, 0.3) is 0 Å². The van der Waals surface area contributed by atoms with Crippen molar-refractivity contribution in [1.29, 1.82) is 0 Å². The largest absolute Gasteiger partial charge is 0.479 e. The molecule has 0 aromatic heterocycles. The molecule has 2 heterocycles. The number of rotatable bonds is 27. The van der Waals surface area contributed by atoms with Gasteiger partial charge in [0.05, 0.1) is 24.9 Å². The summed E-state index contributed by atoms with van der Waals surface area (Å²) in [5.74, 6) is -3.98. The Balaban J connectivity index is 1.46. The number of ether oxygens (including phenoxy) is 5. The molecule has 398 valence electrons. The summed E-state index contributed by atoms with van der Waals surface area (Å²) in [7, 11) is 0. The van der Waals surface area contributed by atoms with Crippen molar-refractivity contribution in [2.75, 3.05) is 26.2 Å². The summed E-state index contributed by atoms with van der Waals surface area (Å²) in [5.41, 5.74) is 6.20. The number of aliphatic hydroxyl groups is 5. The van der Waals surface area contributed by atoms with E-state index in [2.05, 4.69) is 28.2 Å². The van der Waals surface area contributed by atoms with Gasteiger partial charge in [0.2, 0.25) is 23.6 Å². The van der Waals surface area contributed by atoms with E-state index in [9.17, 15) is 54.6 Å². The van der Waals surface area contributed by atoms with Gasteiger partial charge in [0.25, 0.3) is 0 Å². The Labute approximate surface area is 407 Å². The first kappa shape index (κ1) is 58.5. The zero-order valence-electron chi connectivity index (χ0n) is 41.4. The number of unbranched alkanes of at least 4 members (excludes halogenated alkanes) is 2. The molecule has 4 amide bonds. The molecule has 2 saturated heterocycles. The molecule has 4 fully saturated rings. The molecule has 0 radical (unpaired) electrons. The Morgan fingerprint density at radius 2 is 1.45 bits per heavy atom. The molecule has 2 aliphatic heterocycles. The molecule has 16 atom stereocenters. The lowest BCUT2D eigenvalue weighted by atomic mass is 9.75. The number of carboxylic acids is 1. The highest BCUT2D eigenvalue weighted by Crippen LogP contribution is 2.40. The lowest BCUT2D eigenvalue weighted by Gasteiger charge is -2.49. The smallest absolute Gasteiger partial charge is 0.332 e. The number of hydrogen-bond donors (Lipinski definition) is 11. The predicted molar refractivity (Wildman–Crippen MR) is 250 cm³/mol. The van der Waals surface area contributed by atoms with Gasteiger partial charge in [0.1, 0.15) is 42.7 Å². The van der Waals surface area contributed by atoms with Crippen LogP contribution in [0.5, 0.6) is 0 Å². The molecular weight excluding hydrogens is 903 g/mol. The second-order valence-electron chi connectivity index (χ2n) is 19.8. The van der Waals surface area contributed by atoms with Gasteiger partial charge >= 0.3 is 5.97 Å². The fourth-order valence-electron chi connectivity index (χ4n) is 10.2. The van der Waals surface area contributed by atoms with Gasteiger partial charge in [-0.15, -0.1) is 0 Å². The second kappa shape index (κ2) is 28.8. The van der Waals surface area contributed by atoms with Gasteiger partial charge < -0.3 is 81.3 Å². The number of aliphatic carboxylic acids is 1. The summed E-state index contributed by atoms with van der Waals surface area (Å²) in [6.07, 6.45) is -5.60. The van der Waals surface area contributed by atoms with Crippen molar-refractivity contribution in [3.05, 3.63) is 0 Å². The third-order valence-electron chi connectivity index (χ3n) is 14.6. The lowest BCUT2D eigenvalue weighted by Crippen LogP contribution is -2.67. The maximum atomic E-state index is 13.9. The van der Waals surface area contributed by atoms with Gasteiger partial charge in [-0.25, -0.2) is 4.79 Å². The maximum absolute atomic E-state index is 13.9. The number of nitrogens with one attached hydrogen (secondary N) is 4. The van der Waals surface area contributed by atoms with E-state index in [4.69, 9.17) is 29.4 Å². The number of carboxylic acid groups (broad SMARTS) is 1. The van der Waals surface area contributed by atoms with Crippen LogP contribution in [0.15, 0.2) is 0 Å². The molecule has 4 rings (SSSR count). The number of aliphatic hydroxyl groups excluding tert-OH is 5. The molecule has 69 heavy (non-hydrogen) atoms. The number of carbonyl (C=O) groups excluding carboxylic acids is 4. The molecule has 2 saturated carbocycles. The minimum absolute atomic E-state index is 0.0107. The zero-order valence-corrected chi connectivity index (χ0v) is 41.4. The zero-order chi connectivity index (χ0) is 50.8. The summed E-state index contributed by atoms with van der Waals surface area (Å²) < 4.78 is 31.2. The minimum atomic E-state index is -1.68. The normalized spacial score (nSPS) is 33.4. The summed E-state index contributed by atoms with van der Waals surface area (Å²) in [6.45, 7) is 8.57. The van der Waals surface area contributed by atoms with Crippen molar-refractivity contribution in [3.8, 4) is 0 Å². The number of amides is 4. The van der Waals surface area contributed by atoms with Crippen LogP contribution in [-0.2, 0) is 47.7 Å². The first-order valence-electron chi connectivity index (χ1n) is 25.5. The third-order valence-corrected chi connectivity index (χ3v) is 14.6. The Morgan fingerprint density at radius 3 is 2.06 bits per heavy atom. The van der Waals surface area contributed by atoms with Crippen molar-refractivity contribution in [2.24, 2.45) is 23.5 Å². The Kier molecular flexibility index (Phi) is 24.4. The van der Waals surface area contributed by atoms with E-state index < -0.39 is 110 Å². The second-order valence-corrected chi connectivity index (χ2v) is 19.8. The quantitative estimate of drug-likeness (QED) is 0.0503. The molecule has 0 spiro atoms. The molecule has 2 aliphatic carbocycles. The van der Waals surface area contributed by atoms with Gasteiger partial charge in [-0.05, 0) is 57.3 Å². The molecule has 0 aromatic carbocycles. The summed E-state index contributed by atoms with van der Waals surface area (Å²) in [6, 6.07) is -1.33. The van der Waals surface area contributed by atoms with Crippen molar-refractivity contribution >= 4 is 29.6 Å². The highest BCUT2D eigenvalue weighted by molar-refractivity contribution is 5.83. The van der Waals surface area contributed by atoms with Crippen LogP contribution in [0.2, 0.25) is 0 Å². The molecule has 12 N–H and O–H groups in total. The fourth-order valence-corrected chi connectivity index (χ4v) is 10.2. The van der Waals surface area contributed by atoms with Crippen molar-refractivity contribution in [1.82, 2.24) is 21.3 Å². The van der Waals surface area contributed by atoms with E-state index in [1.165, 1.54) is 13.8 Å². The van der Waals surface area contributed by atoms with Crippen LogP contribution in [-0.4, -0.2) is 172 Å². The average Bonchev–Trinajstić information content (AvgIpc) is 3.32. The molecule has 4 aliphatic rings. The molecule has 0 bridgehead atoms. The maximum Gasteiger partial charge on any atom is 0.332 e. The molecule has 0 aromatic rings. The van der Waals surface area contributed by atoms with Crippen molar-refractivity contribution < 1.29 is 78.3 Å². The average molecular weight is 988 g/mol. The third kappa shape index (κ3) is 17.6. The molecule has 21 nitrogen and oxygen atoms in total. The van der Waals surface area contributed by atoms with Crippen molar-refractivity contribution in [3.63, 3.8) is 0 Å². The van der Waals surface area contributed by atoms with Gasteiger partial charge in [0.15, 0.2) is 18.7 Å². The molecule has 10 unspecified atom stereocenters. The van der Waals surface area contributed by atoms with Crippen molar-refractivity contribution in [2.45, 2.75) is 229 Å². The van der Waals surface area contributed by atoms with Crippen LogP contribution < -0.4 is 27.0 Å². The summed E-state index contributed by atoms with van der Waals surface area (Å²) in [4.78, 5) is 64.5. The van der Waals surface area contributed by atoms with E-state index >= 15 is 0 Å². The van der Waals surface area contributed by atoms with Crippen LogP contribution in [0.4, 0.5) is 0 Å². The van der Waals surface area contributed by atoms with E-state index in [0.717, 1.165) is 64.2 Å². The highest BCUT2D eigenvalue weighted by atomic mass is 16.7. The summed E-state index contributed by atoms with van der Waals surface area (Å²) >= 11 is 0. The van der Waals surface area contributed by atoms with Crippen LogP contribution in [0.3, 0.4) is 0 Å². The number of nitrogens with two attached hydrogens (primary N) is 1. The van der Waals surface area contributed by atoms with Crippen LogP contribution >= 0.6 is 0 Å². The first-order valence-corrected chi connectivity index (χ1v) is 25.5. The van der Waals surface area contributed by atoms with Crippen LogP contribution in [0.1, 0.15) is 144 Å². The number of hydrogen-bond acceptors (Lipinski definition) is 16. The summed E-state index contributed by atoms with van der Waals surface area (Å²) in [5, 5.41) is 75.4. The van der Waals surface area contributed by atoms with E-state index in [1.54, 1.807) is 0 Å². The Hall–Kier alpha value is -3.09. The van der Waals surface area contributed by atoms with E-state index in [1.807, 2.05) is 13.8 Å². The van der Waals surface area contributed by atoms with E-state index in [-0.39, 0.29) is 74.4 Å². The first-order chi connectivity index (χ1) is 32.8. The highest BCUT2D eigenvalue weighted by Gasteiger charge is 2.53.